The molecule has 3 nitrogen and oxygen atoms in total. The Balaban J connectivity index is 0.000000461. The van der Waals surface area contributed by atoms with E-state index in [-0.39, 0.29) is 5.91 Å². The van der Waals surface area contributed by atoms with Crippen LogP contribution in [0.5, 0.6) is 0 Å². The molecule has 66 valence electrons. The zero-order chi connectivity index (χ0) is 8.69. The highest BCUT2D eigenvalue weighted by molar-refractivity contribution is 5.76. The molecular weight excluding hydrogens is 140 g/mol. The second-order valence-electron chi connectivity index (χ2n) is 2.23. The van der Waals surface area contributed by atoms with Gasteiger partial charge in [0.2, 0.25) is 5.91 Å². The smallest absolute Gasteiger partial charge is 0.236 e. The van der Waals surface area contributed by atoms with Crippen molar-refractivity contribution in [2.45, 2.75) is 33.1 Å². The van der Waals surface area contributed by atoms with Crippen LogP contribution in [0.1, 0.15) is 33.1 Å². The van der Waals surface area contributed by atoms with Crippen LogP contribution in [0.25, 0.3) is 0 Å². The fraction of sp³-hybridized carbons (Fsp3) is 0.875. The lowest BCUT2D eigenvalue weighted by molar-refractivity contribution is -0.136. The predicted octanol–water partition coefficient (Wildman–Crippen LogP) is 1.16. The fourth-order valence-corrected chi connectivity index (χ4v) is 1.04. The Morgan fingerprint density at radius 3 is 2.36 bits per heavy atom. The van der Waals surface area contributed by atoms with Gasteiger partial charge in [0.1, 0.15) is 0 Å². The number of amides is 1. The van der Waals surface area contributed by atoms with E-state index < -0.39 is 0 Å². The summed E-state index contributed by atoms with van der Waals surface area (Å²) in [6.45, 7) is 4.87. The molecule has 0 aromatic heterocycles. The van der Waals surface area contributed by atoms with Gasteiger partial charge in [-0.25, -0.2) is 5.43 Å². The van der Waals surface area contributed by atoms with Crippen LogP contribution < -0.4 is 5.43 Å². The summed E-state index contributed by atoms with van der Waals surface area (Å²) in [5.74, 6) is 0.226. The Hall–Kier alpha value is -0.570. The number of nitrogens with one attached hydrogen (secondary N) is 1. The molecule has 1 aliphatic rings. The summed E-state index contributed by atoms with van der Waals surface area (Å²) in [6, 6.07) is 0. The maximum Gasteiger partial charge on any atom is 0.236 e. The van der Waals surface area contributed by atoms with Crippen LogP contribution in [-0.2, 0) is 4.79 Å². The van der Waals surface area contributed by atoms with Crippen LogP contribution in [0, 0.1) is 0 Å². The van der Waals surface area contributed by atoms with Gasteiger partial charge in [0.25, 0.3) is 0 Å². The quantitative estimate of drug-likeness (QED) is 0.621. The van der Waals surface area contributed by atoms with Crippen LogP contribution in [0.15, 0.2) is 0 Å². The van der Waals surface area contributed by atoms with Gasteiger partial charge in [-0.05, 0) is 12.8 Å². The first-order valence-corrected chi connectivity index (χ1v) is 4.32. The second kappa shape index (κ2) is 6.16. The highest BCUT2D eigenvalue weighted by Gasteiger charge is 2.15. The average Bonchev–Trinajstić information content (AvgIpc) is 2.09. The van der Waals surface area contributed by atoms with E-state index in [2.05, 4.69) is 5.43 Å². The molecule has 11 heavy (non-hydrogen) atoms. The molecule has 1 rings (SSSR count). The molecule has 1 saturated heterocycles. The normalized spacial score (nSPS) is 17.4. The molecule has 1 N–H and O–H groups in total. The molecule has 0 bridgehead atoms. The van der Waals surface area contributed by atoms with Gasteiger partial charge in [-0.3, -0.25) is 9.80 Å². The van der Waals surface area contributed by atoms with E-state index in [1.54, 1.807) is 12.1 Å². The van der Waals surface area contributed by atoms with Gasteiger partial charge in [0.15, 0.2) is 0 Å². The average molecular weight is 158 g/mol. The zero-order valence-corrected chi connectivity index (χ0v) is 7.68. The minimum absolute atomic E-state index is 0.226. The number of hydrogen-bond acceptors (Lipinski definition) is 2. The molecule has 1 amide bonds. The van der Waals surface area contributed by atoms with Crippen LogP contribution in [-0.4, -0.2) is 24.5 Å². The lowest BCUT2D eigenvalue weighted by Crippen LogP contribution is -2.43. The monoisotopic (exact) mass is 158 g/mol. The number of piperidine rings is 1. The number of hydrogen-bond donors (Lipinski definition) is 1. The Bertz CT molecular complexity index is 115. The number of carbonyl (C=O) groups is 1. The first-order valence-electron chi connectivity index (χ1n) is 4.32. The summed E-state index contributed by atoms with van der Waals surface area (Å²) in [4.78, 5) is 10.9. The number of hydrazine groups is 1. The van der Waals surface area contributed by atoms with E-state index in [1.807, 2.05) is 13.8 Å². The van der Waals surface area contributed by atoms with Crippen molar-refractivity contribution in [1.82, 2.24) is 10.4 Å². The van der Waals surface area contributed by atoms with Gasteiger partial charge in [-0.1, -0.05) is 13.8 Å². The minimum Gasteiger partial charge on any atom is -0.278 e. The molecule has 1 heterocycles. The van der Waals surface area contributed by atoms with E-state index in [0.29, 0.717) is 6.42 Å². The summed E-state index contributed by atoms with van der Waals surface area (Å²) in [6.07, 6.45) is 2.89. The third-order valence-electron chi connectivity index (χ3n) is 1.59. The number of rotatable bonds is 1. The van der Waals surface area contributed by atoms with E-state index in [9.17, 15) is 4.79 Å². The summed E-state index contributed by atoms with van der Waals surface area (Å²) in [5.41, 5.74) is 2.84. The Labute approximate surface area is 68.7 Å². The SMILES string of the molecule is CC.CNN1CCCCC1=O. The van der Waals surface area contributed by atoms with Crippen molar-refractivity contribution in [3.05, 3.63) is 0 Å². The van der Waals surface area contributed by atoms with Crippen molar-refractivity contribution >= 4 is 5.91 Å². The molecule has 0 radical (unpaired) electrons. The van der Waals surface area contributed by atoms with Crippen molar-refractivity contribution in [1.29, 1.82) is 0 Å². The lowest BCUT2D eigenvalue weighted by atomic mass is 10.1. The first kappa shape index (κ1) is 10.4. The molecule has 1 aliphatic heterocycles. The highest BCUT2D eigenvalue weighted by atomic mass is 16.2. The van der Waals surface area contributed by atoms with Crippen molar-refractivity contribution < 1.29 is 4.79 Å². The van der Waals surface area contributed by atoms with Crippen LogP contribution in [0.3, 0.4) is 0 Å². The predicted molar refractivity (Wildman–Crippen MR) is 46.0 cm³/mol. The topological polar surface area (TPSA) is 32.3 Å². The fourth-order valence-electron chi connectivity index (χ4n) is 1.04. The van der Waals surface area contributed by atoms with E-state index in [0.717, 1.165) is 19.4 Å². The van der Waals surface area contributed by atoms with Gasteiger partial charge in [-0.15, -0.1) is 0 Å². The van der Waals surface area contributed by atoms with Crippen molar-refractivity contribution in [3.63, 3.8) is 0 Å². The largest absolute Gasteiger partial charge is 0.278 e. The first-order chi connectivity index (χ1) is 5.34. The molecule has 1 fully saturated rings. The summed E-state index contributed by atoms with van der Waals surface area (Å²) in [5, 5.41) is 1.67. The molecule has 0 atom stereocenters. The van der Waals surface area contributed by atoms with Crippen LogP contribution in [0.4, 0.5) is 0 Å². The number of carbonyl (C=O) groups excluding carboxylic acids is 1. The van der Waals surface area contributed by atoms with E-state index in [4.69, 9.17) is 0 Å². The molecule has 0 aliphatic carbocycles. The minimum atomic E-state index is 0.226. The molecule has 3 heteroatoms. The summed E-state index contributed by atoms with van der Waals surface area (Å²) in [7, 11) is 1.78. The number of nitrogens with zero attached hydrogens (tertiary/aromatic N) is 1. The Morgan fingerprint density at radius 2 is 2.00 bits per heavy atom. The molecular formula is C8H18N2O. The molecule has 0 aromatic rings. The zero-order valence-electron chi connectivity index (χ0n) is 7.68. The Morgan fingerprint density at radius 1 is 1.36 bits per heavy atom. The Kier molecular flexibility index (Phi) is 5.84. The van der Waals surface area contributed by atoms with Crippen molar-refractivity contribution in [2.24, 2.45) is 0 Å². The van der Waals surface area contributed by atoms with Gasteiger partial charge in [0.05, 0.1) is 0 Å². The maximum absolute atomic E-state index is 10.9. The highest BCUT2D eigenvalue weighted by Crippen LogP contribution is 2.06. The molecule has 0 spiro atoms. The molecule has 0 unspecified atom stereocenters. The molecule has 0 aromatic carbocycles. The molecule has 0 saturated carbocycles. The van der Waals surface area contributed by atoms with Crippen molar-refractivity contribution in [2.75, 3.05) is 13.6 Å². The summed E-state index contributed by atoms with van der Waals surface area (Å²) >= 11 is 0. The van der Waals surface area contributed by atoms with Gasteiger partial charge < -0.3 is 0 Å². The maximum atomic E-state index is 10.9. The van der Waals surface area contributed by atoms with Crippen molar-refractivity contribution in [3.8, 4) is 0 Å². The van der Waals surface area contributed by atoms with Crippen LogP contribution in [0.2, 0.25) is 0 Å². The van der Waals surface area contributed by atoms with Gasteiger partial charge in [-0.2, -0.15) is 0 Å². The lowest BCUT2D eigenvalue weighted by Gasteiger charge is -2.24. The van der Waals surface area contributed by atoms with Crippen LogP contribution >= 0.6 is 0 Å². The standard InChI is InChI=1S/C6H12N2O.C2H6/c1-7-8-5-3-2-4-6(8)9;1-2/h7H,2-5H2,1H3;1-2H3. The third-order valence-corrected chi connectivity index (χ3v) is 1.59. The van der Waals surface area contributed by atoms with Gasteiger partial charge in [0, 0.05) is 20.0 Å². The summed E-state index contributed by atoms with van der Waals surface area (Å²) < 4.78 is 0. The van der Waals surface area contributed by atoms with E-state index >= 15 is 0 Å². The van der Waals surface area contributed by atoms with Gasteiger partial charge >= 0.3 is 0 Å². The van der Waals surface area contributed by atoms with E-state index in [1.165, 1.54) is 0 Å². The third kappa shape index (κ3) is 3.37. The second-order valence-corrected chi connectivity index (χ2v) is 2.23.